The van der Waals surface area contributed by atoms with Crippen molar-refractivity contribution in [1.82, 2.24) is 9.78 Å². The summed E-state index contributed by atoms with van der Waals surface area (Å²) in [5.74, 6) is -1.65. The number of aliphatic imine (C=N–C) groups is 1. The lowest BCUT2D eigenvalue weighted by atomic mass is 10.2. The van der Waals surface area contributed by atoms with E-state index in [-0.39, 0.29) is 33.5 Å². The third kappa shape index (κ3) is 4.54. The second kappa shape index (κ2) is 7.92. The monoisotopic (exact) mass is 378 g/mol. The lowest BCUT2D eigenvalue weighted by molar-refractivity contribution is -0.113. The van der Waals surface area contributed by atoms with Crippen molar-refractivity contribution in [3.8, 4) is 0 Å². The van der Waals surface area contributed by atoms with Gasteiger partial charge < -0.3 is 10.4 Å². The predicted octanol–water partition coefficient (Wildman–Crippen LogP) is 3.59. The third-order valence-corrected chi connectivity index (χ3v) is 3.61. The van der Waals surface area contributed by atoms with Gasteiger partial charge in [0.1, 0.15) is 17.1 Å². The number of ketones is 1. The number of carbonyl (C=O) groups excluding carboxylic acids is 2. The summed E-state index contributed by atoms with van der Waals surface area (Å²) < 4.78 is 14.6. The molecule has 2 rings (SSSR count). The highest BCUT2D eigenvalue weighted by molar-refractivity contribution is 6.31. The zero-order valence-corrected chi connectivity index (χ0v) is 15.0. The number of halogens is 2. The van der Waals surface area contributed by atoms with Gasteiger partial charge in [-0.25, -0.2) is 9.38 Å². The van der Waals surface area contributed by atoms with Crippen molar-refractivity contribution in [1.29, 1.82) is 0 Å². The molecule has 0 aliphatic heterocycles. The number of anilines is 1. The lowest BCUT2D eigenvalue weighted by Crippen LogP contribution is -2.11. The predicted molar refractivity (Wildman–Crippen MR) is 96.7 cm³/mol. The molecule has 136 valence electrons. The number of rotatable bonds is 5. The highest BCUT2D eigenvalue weighted by Gasteiger charge is 2.16. The Morgan fingerprint density at radius 1 is 1.38 bits per heavy atom. The fourth-order valence-electron chi connectivity index (χ4n) is 2.07. The Balaban J connectivity index is 2.30. The summed E-state index contributed by atoms with van der Waals surface area (Å²) in [5, 5.41) is 16.0. The quantitative estimate of drug-likeness (QED) is 0.472. The Labute approximate surface area is 153 Å². The van der Waals surface area contributed by atoms with Crippen LogP contribution in [0, 0.1) is 5.82 Å². The van der Waals surface area contributed by atoms with Gasteiger partial charge in [0.15, 0.2) is 11.6 Å². The maximum absolute atomic E-state index is 13.2. The van der Waals surface area contributed by atoms with Crippen LogP contribution >= 0.6 is 11.6 Å². The number of amides is 1. The van der Waals surface area contributed by atoms with E-state index in [1.54, 1.807) is 7.05 Å². The minimum absolute atomic E-state index is 0.00678. The highest BCUT2D eigenvalue weighted by atomic mass is 35.5. The van der Waals surface area contributed by atoms with E-state index in [1.165, 1.54) is 36.9 Å². The van der Waals surface area contributed by atoms with E-state index in [4.69, 9.17) is 11.6 Å². The fourth-order valence-corrected chi connectivity index (χ4v) is 2.25. The molecule has 1 amide bonds. The van der Waals surface area contributed by atoms with Gasteiger partial charge in [-0.1, -0.05) is 11.6 Å². The summed E-state index contributed by atoms with van der Waals surface area (Å²) in [6.45, 7) is 2.64. The first kappa shape index (κ1) is 19.3. The van der Waals surface area contributed by atoms with E-state index in [9.17, 15) is 19.1 Å². The van der Waals surface area contributed by atoms with Crippen molar-refractivity contribution in [2.24, 2.45) is 12.0 Å². The van der Waals surface area contributed by atoms with Crippen molar-refractivity contribution in [2.75, 3.05) is 5.32 Å². The van der Waals surface area contributed by atoms with E-state index in [2.05, 4.69) is 15.4 Å². The van der Waals surface area contributed by atoms with E-state index in [0.717, 1.165) is 12.3 Å². The van der Waals surface area contributed by atoms with Crippen LogP contribution in [0.15, 0.2) is 40.7 Å². The van der Waals surface area contributed by atoms with Crippen LogP contribution in [0.3, 0.4) is 0 Å². The number of benzene rings is 1. The number of aliphatic hydroxyl groups excluding tert-OH is 1. The Bertz CT molecular complexity index is 930. The van der Waals surface area contributed by atoms with Crippen molar-refractivity contribution in [3.05, 3.63) is 52.1 Å². The van der Waals surface area contributed by atoms with Crippen LogP contribution in [-0.2, 0) is 11.8 Å². The normalized spacial score (nSPS) is 12.2. The molecule has 0 spiro atoms. The van der Waals surface area contributed by atoms with Gasteiger partial charge in [-0.3, -0.25) is 14.3 Å². The second-order valence-corrected chi connectivity index (χ2v) is 5.84. The van der Waals surface area contributed by atoms with E-state index < -0.39 is 11.7 Å². The zero-order chi connectivity index (χ0) is 19.4. The van der Waals surface area contributed by atoms with Crippen molar-refractivity contribution >= 4 is 41.0 Å². The first-order valence-corrected chi connectivity index (χ1v) is 7.81. The average Bonchev–Trinajstić information content (AvgIpc) is 2.91. The minimum atomic E-state index is -0.598. The molecular weight excluding hydrogens is 363 g/mol. The molecule has 7 nitrogen and oxygen atoms in total. The van der Waals surface area contributed by atoms with Gasteiger partial charge >= 0.3 is 0 Å². The number of aryl methyl sites for hydroxylation is 1. The molecule has 2 aromatic rings. The number of allylic oxidation sites excluding steroid dienone is 2. The van der Waals surface area contributed by atoms with E-state index in [0.29, 0.717) is 5.69 Å². The number of aromatic nitrogens is 2. The van der Waals surface area contributed by atoms with Gasteiger partial charge in [0, 0.05) is 25.1 Å². The second-order valence-electron chi connectivity index (χ2n) is 5.44. The average molecular weight is 379 g/mol. The van der Waals surface area contributed by atoms with Gasteiger partial charge in [0.05, 0.1) is 10.6 Å². The summed E-state index contributed by atoms with van der Waals surface area (Å²) in [4.78, 5) is 27.9. The fraction of sp³-hybridized carbons (Fsp3) is 0.176. The standard InChI is InChI=1S/C17H16ClFN4O3/c1-9(24)12(10(2)25)7-20-16-13(8-23(3)22-16)17(26)21-11-4-5-15(19)14(18)6-11/h4-8,24H,1-3H3,(H,21,26)/b12-9+,20-7?. The Morgan fingerprint density at radius 3 is 2.65 bits per heavy atom. The number of Topliss-reactive ketones (excluding diaryl/α,β-unsaturated/α-hetero) is 1. The molecule has 0 unspecified atom stereocenters. The molecule has 0 bridgehead atoms. The molecule has 1 aromatic heterocycles. The SMILES string of the molecule is CC(=O)/C(C=Nc1nn(C)cc1C(=O)Nc1ccc(F)c(Cl)c1)=C(\C)O. The van der Waals surface area contributed by atoms with Crippen LogP contribution < -0.4 is 5.32 Å². The molecule has 0 aliphatic rings. The summed E-state index contributed by atoms with van der Waals surface area (Å²) in [5.41, 5.74) is 0.436. The zero-order valence-electron chi connectivity index (χ0n) is 14.2. The number of hydrogen-bond donors (Lipinski definition) is 2. The molecule has 1 heterocycles. The number of nitrogens with one attached hydrogen (secondary N) is 1. The van der Waals surface area contributed by atoms with Crippen LogP contribution in [0.2, 0.25) is 5.02 Å². The van der Waals surface area contributed by atoms with E-state index in [1.807, 2.05) is 0 Å². The topological polar surface area (TPSA) is 96.6 Å². The summed E-state index contributed by atoms with van der Waals surface area (Å²) in [6, 6.07) is 3.78. The van der Waals surface area contributed by atoms with Gasteiger partial charge in [0.2, 0.25) is 0 Å². The Hall–Kier alpha value is -3.00. The van der Waals surface area contributed by atoms with Crippen LogP contribution in [0.4, 0.5) is 15.9 Å². The third-order valence-electron chi connectivity index (χ3n) is 3.32. The maximum Gasteiger partial charge on any atom is 0.261 e. The van der Waals surface area contributed by atoms with Crippen LogP contribution in [0.1, 0.15) is 24.2 Å². The summed E-state index contributed by atoms with van der Waals surface area (Å²) >= 11 is 5.70. The number of nitrogens with zero attached hydrogens (tertiary/aromatic N) is 3. The minimum Gasteiger partial charge on any atom is -0.512 e. The van der Waals surface area contributed by atoms with Crippen molar-refractivity contribution < 1.29 is 19.1 Å². The Kier molecular flexibility index (Phi) is 5.89. The van der Waals surface area contributed by atoms with Gasteiger partial charge in [0.25, 0.3) is 5.91 Å². The number of carbonyl (C=O) groups is 2. The van der Waals surface area contributed by atoms with Crippen molar-refractivity contribution in [3.63, 3.8) is 0 Å². The molecule has 0 saturated heterocycles. The van der Waals surface area contributed by atoms with E-state index >= 15 is 0 Å². The molecule has 2 N–H and O–H groups in total. The molecule has 0 aliphatic carbocycles. The molecule has 0 atom stereocenters. The molecule has 1 aromatic carbocycles. The molecular formula is C17H16ClFN4O3. The smallest absolute Gasteiger partial charge is 0.261 e. The van der Waals surface area contributed by atoms with Crippen LogP contribution in [-0.4, -0.2) is 32.8 Å². The molecule has 9 heteroatoms. The highest BCUT2D eigenvalue weighted by Crippen LogP contribution is 2.22. The molecule has 0 fully saturated rings. The lowest BCUT2D eigenvalue weighted by Gasteiger charge is -2.05. The van der Waals surface area contributed by atoms with Crippen molar-refractivity contribution in [2.45, 2.75) is 13.8 Å². The first-order valence-electron chi connectivity index (χ1n) is 7.44. The summed E-state index contributed by atoms with van der Waals surface area (Å²) in [6.07, 6.45) is 2.58. The van der Waals surface area contributed by atoms with Gasteiger partial charge in [-0.2, -0.15) is 5.10 Å². The number of hydrogen-bond acceptors (Lipinski definition) is 5. The largest absolute Gasteiger partial charge is 0.512 e. The molecule has 0 saturated carbocycles. The van der Waals surface area contributed by atoms with Gasteiger partial charge in [-0.05, 0) is 32.0 Å². The molecule has 26 heavy (non-hydrogen) atoms. The van der Waals surface area contributed by atoms with Crippen LogP contribution in [0.5, 0.6) is 0 Å². The maximum atomic E-state index is 13.2. The number of aliphatic hydroxyl groups is 1. The van der Waals surface area contributed by atoms with Crippen LogP contribution in [0.25, 0.3) is 0 Å². The van der Waals surface area contributed by atoms with Gasteiger partial charge in [-0.15, -0.1) is 0 Å². The Morgan fingerprint density at radius 2 is 2.08 bits per heavy atom. The molecule has 0 radical (unpaired) electrons. The first-order chi connectivity index (χ1) is 12.2. The summed E-state index contributed by atoms with van der Waals surface area (Å²) in [7, 11) is 1.60.